The summed E-state index contributed by atoms with van der Waals surface area (Å²) in [7, 11) is 1.78. The summed E-state index contributed by atoms with van der Waals surface area (Å²) in [5.41, 5.74) is 2.10. The minimum atomic E-state index is -0.423. The summed E-state index contributed by atoms with van der Waals surface area (Å²) in [6.45, 7) is 6.03. The van der Waals surface area contributed by atoms with Gasteiger partial charge in [0.25, 0.3) is 0 Å². The van der Waals surface area contributed by atoms with Gasteiger partial charge in [-0.2, -0.15) is 0 Å². The lowest BCUT2D eigenvalue weighted by Crippen LogP contribution is -2.36. The molecule has 0 saturated carbocycles. The third kappa shape index (κ3) is 4.56. The number of benzene rings is 2. The van der Waals surface area contributed by atoms with Crippen molar-refractivity contribution in [1.29, 1.82) is 0 Å². The van der Waals surface area contributed by atoms with E-state index in [1.165, 1.54) is 0 Å². The van der Waals surface area contributed by atoms with Gasteiger partial charge in [0.1, 0.15) is 18.1 Å². The normalized spacial score (nSPS) is 11.3. The Morgan fingerprint density at radius 2 is 1.74 bits per heavy atom. The molecule has 27 heavy (non-hydrogen) atoms. The summed E-state index contributed by atoms with van der Waals surface area (Å²) in [6, 6.07) is 19.1. The van der Waals surface area contributed by atoms with E-state index in [1.54, 1.807) is 11.9 Å². The molecule has 0 fully saturated rings. The van der Waals surface area contributed by atoms with Crippen LogP contribution in [0.4, 0.5) is 5.69 Å². The van der Waals surface area contributed by atoms with Crippen LogP contribution in [0.3, 0.4) is 0 Å². The topological polar surface area (TPSA) is 55.6 Å². The molecule has 1 aromatic heterocycles. The fourth-order valence-corrected chi connectivity index (χ4v) is 2.66. The van der Waals surface area contributed by atoms with Crippen LogP contribution < -0.4 is 9.64 Å². The number of hydrogen-bond donors (Lipinski definition) is 0. The lowest BCUT2D eigenvalue weighted by molar-refractivity contribution is -0.125. The zero-order valence-electron chi connectivity index (χ0n) is 16.1. The summed E-state index contributed by atoms with van der Waals surface area (Å²) in [4.78, 5) is 14.0. The summed E-state index contributed by atoms with van der Waals surface area (Å²) in [5.74, 6) is 1.48. The van der Waals surface area contributed by atoms with Crippen LogP contribution in [0.15, 0.2) is 65.2 Å². The summed E-state index contributed by atoms with van der Waals surface area (Å²) < 4.78 is 11.2. The first kappa shape index (κ1) is 18.7. The van der Waals surface area contributed by atoms with Gasteiger partial charge in [-0.05, 0) is 24.3 Å². The van der Waals surface area contributed by atoms with Crippen LogP contribution in [0.25, 0.3) is 11.3 Å². The third-order valence-electron chi connectivity index (χ3n) is 4.17. The Balaban J connectivity index is 1.61. The molecular weight excluding hydrogens is 340 g/mol. The SMILES string of the molecule is CN(C(=O)C(C)(C)C)c1ccc(OCc2cc(-c3ccccc3)on2)cc1. The summed E-state index contributed by atoms with van der Waals surface area (Å²) >= 11 is 0. The van der Waals surface area contributed by atoms with Gasteiger partial charge < -0.3 is 14.2 Å². The smallest absolute Gasteiger partial charge is 0.232 e. The number of anilines is 1. The van der Waals surface area contributed by atoms with Crippen LogP contribution >= 0.6 is 0 Å². The lowest BCUT2D eigenvalue weighted by atomic mass is 9.95. The minimum Gasteiger partial charge on any atom is -0.487 e. The molecule has 0 unspecified atom stereocenters. The van der Waals surface area contributed by atoms with Gasteiger partial charge in [0, 0.05) is 29.8 Å². The van der Waals surface area contributed by atoms with Crippen LogP contribution in [0, 0.1) is 5.41 Å². The molecule has 3 aromatic rings. The van der Waals surface area contributed by atoms with Gasteiger partial charge in [0.05, 0.1) is 0 Å². The average molecular weight is 364 g/mol. The zero-order chi connectivity index (χ0) is 19.4. The highest BCUT2D eigenvalue weighted by atomic mass is 16.5. The number of aromatic nitrogens is 1. The molecule has 0 saturated heterocycles. The van der Waals surface area contributed by atoms with Crippen molar-refractivity contribution in [2.75, 3.05) is 11.9 Å². The van der Waals surface area contributed by atoms with E-state index in [4.69, 9.17) is 9.26 Å². The molecule has 0 aliphatic heterocycles. The third-order valence-corrected chi connectivity index (χ3v) is 4.17. The molecule has 0 N–H and O–H groups in total. The highest BCUT2D eigenvalue weighted by molar-refractivity contribution is 5.96. The van der Waals surface area contributed by atoms with Crippen LogP contribution in [-0.4, -0.2) is 18.1 Å². The van der Waals surface area contributed by atoms with Crippen molar-refractivity contribution in [3.8, 4) is 17.1 Å². The second-order valence-corrected chi connectivity index (χ2v) is 7.45. The lowest BCUT2D eigenvalue weighted by Gasteiger charge is -2.26. The standard InChI is InChI=1S/C22H24N2O3/c1-22(2,3)21(25)24(4)18-10-12-19(13-11-18)26-15-17-14-20(27-23-17)16-8-6-5-7-9-16/h5-14H,15H2,1-4H3. The molecule has 2 aromatic carbocycles. The predicted molar refractivity (Wildman–Crippen MR) is 106 cm³/mol. The van der Waals surface area contributed by atoms with E-state index in [0.717, 1.165) is 16.9 Å². The molecule has 1 heterocycles. The maximum Gasteiger partial charge on any atom is 0.232 e. The van der Waals surface area contributed by atoms with Crippen molar-refractivity contribution in [1.82, 2.24) is 5.16 Å². The van der Waals surface area contributed by atoms with Gasteiger partial charge in [-0.3, -0.25) is 4.79 Å². The predicted octanol–water partition coefficient (Wildman–Crippen LogP) is 4.93. The molecule has 140 valence electrons. The monoisotopic (exact) mass is 364 g/mol. The van der Waals surface area contributed by atoms with Gasteiger partial charge >= 0.3 is 0 Å². The first-order chi connectivity index (χ1) is 12.8. The largest absolute Gasteiger partial charge is 0.487 e. The Kier molecular flexibility index (Phi) is 5.31. The Morgan fingerprint density at radius 1 is 1.07 bits per heavy atom. The van der Waals surface area contributed by atoms with E-state index in [9.17, 15) is 4.79 Å². The van der Waals surface area contributed by atoms with Crippen molar-refractivity contribution in [3.63, 3.8) is 0 Å². The van der Waals surface area contributed by atoms with Gasteiger partial charge in [-0.25, -0.2) is 0 Å². The molecule has 5 heteroatoms. The number of amides is 1. The molecule has 5 nitrogen and oxygen atoms in total. The molecule has 3 rings (SSSR count). The fraction of sp³-hybridized carbons (Fsp3) is 0.273. The van der Waals surface area contributed by atoms with Crippen molar-refractivity contribution in [3.05, 3.63) is 66.4 Å². The van der Waals surface area contributed by atoms with Gasteiger partial charge in [-0.1, -0.05) is 56.3 Å². The minimum absolute atomic E-state index is 0.0622. The van der Waals surface area contributed by atoms with Crippen LogP contribution in [0.1, 0.15) is 26.5 Å². The molecule has 0 spiro atoms. The molecular formula is C22H24N2O3. The Morgan fingerprint density at radius 3 is 2.37 bits per heavy atom. The quantitative estimate of drug-likeness (QED) is 0.644. The average Bonchev–Trinajstić information content (AvgIpc) is 3.15. The maximum atomic E-state index is 12.4. The number of hydrogen-bond acceptors (Lipinski definition) is 4. The van der Waals surface area contributed by atoms with E-state index in [1.807, 2.05) is 81.4 Å². The van der Waals surface area contributed by atoms with Gasteiger partial charge in [-0.15, -0.1) is 0 Å². The molecule has 1 amide bonds. The first-order valence-corrected chi connectivity index (χ1v) is 8.86. The van der Waals surface area contributed by atoms with Crippen molar-refractivity contribution in [2.45, 2.75) is 27.4 Å². The second kappa shape index (κ2) is 7.66. The Hall–Kier alpha value is -3.08. The first-order valence-electron chi connectivity index (χ1n) is 8.86. The number of nitrogens with zero attached hydrogens (tertiary/aromatic N) is 2. The highest BCUT2D eigenvalue weighted by Gasteiger charge is 2.25. The number of carbonyl (C=O) groups excluding carboxylic acids is 1. The van der Waals surface area contributed by atoms with Crippen molar-refractivity contribution in [2.24, 2.45) is 5.41 Å². The molecule has 0 aliphatic rings. The van der Waals surface area contributed by atoms with E-state index < -0.39 is 5.41 Å². The van der Waals surface area contributed by atoms with Crippen LogP contribution in [0.2, 0.25) is 0 Å². The number of carbonyl (C=O) groups is 1. The maximum absolute atomic E-state index is 12.4. The van der Waals surface area contributed by atoms with E-state index >= 15 is 0 Å². The summed E-state index contributed by atoms with van der Waals surface area (Å²) in [6.07, 6.45) is 0. The molecule has 0 radical (unpaired) electrons. The van der Waals surface area contributed by atoms with E-state index in [0.29, 0.717) is 18.1 Å². The van der Waals surface area contributed by atoms with Crippen LogP contribution in [-0.2, 0) is 11.4 Å². The second-order valence-electron chi connectivity index (χ2n) is 7.45. The van der Waals surface area contributed by atoms with Crippen molar-refractivity contribution >= 4 is 11.6 Å². The van der Waals surface area contributed by atoms with E-state index in [2.05, 4.69) is 5.16 Å². The summed E-state index contributed by atoms with van der Waals surface area (Å²) in [5, 5.41) is 4.05. The van der Waals surface area contributed by atoms with Crippen LogP contribution in [0.5, 0.6) is 5.75 Å². The Labute approximate surface area is 159 Å². The molecule has 0 atom stereocenters. The highest BCUT2D eigenvalue weighted by Crippen LogP contribution is 2.25. The zero-order valence-corrected chi connectivity index (χ0v) is 16.1. The van der Waals surface area contributed by atoms with Gasteiger partial charge in [0.2, 0.25) is 5.91 Å². The van der Waals surface area contributed by atoms with E-state index in [-0.39, 0.29) is 5.91 Å². The Bertz CT molecular complexity index is 893. The number of rotatable bonds is 5. The fourth-order valence-electron chi connectivity index (χ4n) is 2.66. The molecule has 0 aliphatic carbocycles. The van der Waals surface area contributed by atoms with Crippen molar-refractivity contribution < 1.29 is 14.1 Å². The number of ether oxygens (including phenoxy) is 1. The molecule has 0 bridgehead atoms. The van der Waals surface area contributed by atoms with Gasteiger partial charge in [0.15, 0.2) is 5.76 Å².